The first-order chi connectivity index (χ1) is 7.68. The fraction of sp³-hybridized carbons (Fsp3) is 0. The Morgan fingerprint density at radius 2 is 1.62 bits per heavy atom. The quantitative estimate of drug-likeness (QED) is 0.613. The van der Waals surface area contributed by atoms with Crippen LogP contribution in [0, 0.1) is 0 Å². The summed E-state index contributed by atoms with van der Waals surface area (Å²) in [6.07, 6.45) is 0. The Hall–Kier alpha value is -1.73. The van der Waals surface area contributed by atoms with Crippen LogP contribution in [0.4, 0.5) is 0 Å². The van der Waals surface area contributed by atoms with Gasteiger partial charge in [-0.05, 0) is 18.2 Å². The first kappa shape index (κ1) is 10.8. The molecular formula is C12H11O3P. The maximum atomic E-state index is 12.1. The van der Waals surface area contributed by atoms with Gasteiger partial charge in [-0.3, -0.25) is 0 Å². The zero-order valence-corrected chi connectivity index (χ0v) is 9.42. The number of aromatic hydroxyl groups is 2. The molecule has 16 heavy (non-hydrogen) atoms. The fourth-order valence-corrected chi connectivity index (χ4v) is 2.85. The third kappa shape index (κ3) is 2.10. The molecule has 0 bridgehead atoms. The largest absolute Gasteiger partial charge is 0.508 e. The van der Waals surface area contributed by atoms with Crippen LogP contribution in [-0.2, 0) is 4.57 Å². The van der Waals surface area contributed by atoms with Crippen molar-refractivity contribution in [2.75, 3.05) is 0 Å². The Balaban J connectivity index is 2.46. The molecule has 0 spiro atoms. The SMILES string of the molecule is O=[PH](c1ccccc1)c1cc(O)ccc1O. The lowest BCUT2D eigenvalue weighted by molar-refractivity contribution is 0.463. The van der Waals surface area contributed by atoms with Gasteiger partial charge in [0.15, 0.2) is 0 Å². The summed E-state index contributed by atoms with van der Waals surface area (Å²) in [5.41, 5.74) is 0. The first-order valence-corrected chi connectivity index (χ1v) is 6.21. The van der Waals surface area contributed by atoms with Crippen LogP contribution in [0.2, 0.25) is 0 Å². The van der Waals surface area contributed by atoms with Crippen molar-refractivity contribution in [2.24, 2.45) is 0 Å². The molecule has 0 heterocycles. The highest BCUT2D eigenvalue weighted by atomic mass is 31.1. The van der Waals surface area contributed by atoms with E-state index < -0.39 is 7.80 Å². The maximum Gasteiger partial charge on any atom is 0.135 e. The van der Waals surface area contributed by atoms with Gasteiger partial charge in [0.2, 0.25) is 0 Å². The van der Waals surface area contributed by atoms with Gasteiger partial charge in [0.1, 0.15) is 19.3 Å². The van der Waals surface area contributed by atoms with E-state index in [9.17, 15) is 14.8 Å². The summed E-state index contributed by atoms with van der Waals surface area (Å²) in [4.78, 5) is 0. The number of benzene rings is 2. The van der Waals surface area contributed by atoms with Crippen molar-refractivity contribution in [2.45, 2.75) is 0 Å². The predicted molar refractivity (Wildman–Crippen MR) is 64.5 cm³/mol. The van der Waals surface area contributed by atoms with Gasteiger partial charge in [0, 0.05) is 5.30 Å². The van der Waals surface area contributed by atoms with Crippen LogP contribution in [0.1, 0.15) is 0 Å². The molecule has 0 saturated carbocycles. The van der Waals surface area contributed by atoms with Crippen molar-refractivity contribution in [1.29, 1.82) is 0 Å². The molecular weight excluding hydrogens is 223 g/mol. The van der Waals surface area contributed by atoms with Crippen LogP contribution in [-0.4, -0.2) is 10.2 Å². The third-order valence-corrected chi connectivity index (χ3v) is 4.01. The molecule has 0 saturated heterocycles. The molecule has 0 aliphatic heterocycles. The molecule has 1 unspecified atom stereocenters. The van der Waals surface area contributed by atoms with Gasteiger partial charge in [-0.15, -0.1) is 0 Å². The minimum atomic E-state index is -2.26. The van der Waals surface area contributed by atoms with E-state index >= 15 is 0 Å². The summed E-state index contributed by atoms with van der Waals surface area (Å²) >= 11 is 0. The van der Waals surface area contributed by atoms with E-state index in [1.54, 1.807) is 24.3 Å². The third-order valence-electron chi connectivity index (χ3n) is 2.26. The Labute approximate surface area is 93.8 Å². The second kappa shape index (κ2) is 4.42. The van der Waals surface area contributed by atoms with Crippen LogP contribution < -0.4 is 10.6 Å². The molecule has 2 N–H and O–H groups in total. The van der Waals surface area contributed by atoms with E-state index in [0.29, 0.717) is 5.30 Å². The fourth-order valence-electron chi connectivity index (χ4n) is 1.45. The number of hydrogen-bond donors (Lipinski definition) is 2. The van der Waals surface area contributed by atoms with Crippen LogP contribution in [0.15, 0.2) is 48.5 Å². The predicted octanol–water partition coefficient (Wildman–Crippen LogP) is 1.61. The Morgan fingerprint density at radius 1 is 0.938 bits per heavy atom. The maximum absolute atomic E-state index is 12.1. The number of phenolic OH excluding ortho intramolecular Hbond substituents is 2. The molecule has 4 heteroatoms. The van der Waals surface area contributed by atoms with E-state index in [1.807, 2.05) is 6.07 Å². The summed E-state index contributed by atoms with van der Waals surface area (Å²) in [5, 5.41) is 19.8. The Kier molecular flexibility index (Phi) is 2.97. The molecule has 2 aromatic carbocycles. The van der Waals surface area contributed by atoms with Gasteiger partial charge in [0.05, 0.1) is 5.30 Å². The standard InChI is InChI=1S/C12H11O3P/c13-9-6-7-11(14)12(8-9)16(15)10-4-2-1-3-5-10/h1-8,13-14,16H. The van der Waals surface area contributed by atoms with Crippen molar-refractivity contribution < 1.29 is 14.8 Å². The first-order valence-electron chi connectivity index (χ1n) is 4.80. The van der Waals surface area contributed by atoms with Gasteiger partial charge >= 0.3 is 0 Å². The zero-order valence-electron chi connectivity index (χ0n) is 8.42. The molecule has 0 amide bonds. The lowest BCUT2D eigenvalue weighted by atomic mass is 10.3. The lowest BCUT2D eigenvalue weighted by Crippen LogP contribution is -2.06. The molecule has 0 radical (unpaired) electrons. The molecule has 1 atom stereocenters. The smallest absolute Gasteiger partial charge is 0.135 e. The van der Waals surface area contributed by atoms with Gasteiger partial charge in [-0.1, -0.05) is 30.3 Å². The molecule has 2 aromatic rings. The average Bonchev–Trinajstić information content (AvgIpc) is 2.32. The lowest BCUT2D eigenvalue weighted by Gasteiger charge is -2.05. The molecule has 3 nitrogen and oxygen atoms in total. The monoisotopic (exact) mass is 234 g/mol. The molecule has 0 fully saturated rings. The minimum Gasteiger partial charge on any atom is -0.508 e. The summed E-state index contributed by atoms with van der Waals surface area (Å²) in [6.45, 7) is 0. The second-order valence-corrected chi connectivity index (χ2v) is 5.17. The van der Waals surface area contributed by atoms with Gasteiger partial charge in [-0.2, -0.15) is 0 Å². The number of rotatable bonds is 2. The van der Waals surface area contributed by atoms with Crippen LogP contribution in [0.5, 0.6) is 11.5 Å². The van der Waals surface area contributed by atoms with Crippen molar-refractivity contribution in [1.82, 2.24) is 0 Å². The highest BCUT2D eigenvalue weighted by Gasteiger charge is 2.11. The summed E-state index contributed by atoms with van der Waals surface area (Å²) < 4.78 is 12.1. The van der Waals surface area contributed by atoms with Crippen molar-refractivity contribution in [3.8, 4) is 11.5 Å². The van der Waals surface area contributed by atoms with Gasteiger partial charge < -0.3 is 14.8 Å². The highest BCUT2D eigenvalue weighted by molar-refractivity contribution is 7.61. The van der Waals surface area contributed by atoms with Crippen LogP contribution >= 0.6 is 7.80 Å². The molecule has 82 valence electrons. The van der Waals surface area contributed by atoms with E-state index in [-0.39, 0.29) is 16.8 Å². The molecule has 2 rings (SSSR count). The van der Waals surface area contributed by atoms with Gasteiger partial charge in [-0.25, -0.2) is 0 Å². The summed E-state index contributed by atoms with van der Waals surface area (Å²) in [7, 11) is -2.26. The van der Waals surface area contributed by atoms with Crippen LogP contribution in [0.25, 0.3) is 0 Å². The number of hydrogen-bond acceptors (Lipinski definition) is 3. The van der Waals surface area contributed by atoms with Crippen LogP contribution in [0.3, 0.4) is 0 Å². The highest BCUT2D eigenvalue weighted by Crippen LogP contribution is 2.27. The van der Waals surface area contributed by atoms with Gasteiger partial charge in [0.25, 0.3) is 0 Å². The minimum absolute atomic E-state index is 0.00193. The van der Waals surface area contributed by atoms with Crippen molar-refractivity contribution >= 4 is 18.4 Å². The number of phenols is 2. The Bertz CT molecular complexity index is 523. The summed E-state index contributed by atoms with van der Waals surface area (Å²) in [6, 6.07) is 12.9. The van der Waals surface area contributed by atoms with E-state index in [0.717, 1.165) is 0 Å². The average molecular weight is 234 g/mol. The Morgan fingerprint density at radius 3 is 2.31 bits per heavy atom. The molecule has 0 aliphatic rings. The molecule has 0 aliphatic carbocycles. The second-order valence-electron chi connectivity index (χ2n) is 3.40. The molecule has 0 aromatic heterocycles. The van der Waals surface area contributed by atoms with E-state index in [1.165, 1.54) is 18.2 Å². The van der Waals surface area contributed by atoms with E-state index in [4.69, 9.17) is 0 Å². The topological polar surface area (TPSA) is 57.5 Å². The zero-order chi connectivity index (χ0) is 11.5. The normalized spacial score (nSPS) is 12.2. The van der Waals surface area contributed by atoms with Crippen molar-refractivity contribution in [3.63, 3.8) is 0 Å². The van der Waals surface area contributed by atoms with E-state index in [2.05, 4.69) is 0 Å². The van der Waals surface area contributed by atoms with Crippen molar-refractivity contribution in [3.05, 3.63) is 48.5 Å². The summed E-state index contributed by atoms with van der Waals surface area (Å²) in [5.74, 6) is -0.0485.